The fraction of sp³-hybridized carbons (Fsp3) is 1.00. The lowest BCUT2D eigenvalue weighted by Gasteiger charge is -2.14. The van der Waals surface area contributed by atoms with Crippen LogP contribution >= 0.6 is 0 Å². The molecule has 0 heterocycles. The van der Waals surface area contributed by atoms with E-state index < -0.39 is 5.60 Å². The Bertz CT molecular complexity index is 56.0. The van der Waals surface area contributed by atoms with Crippen molar-refractivity contribution in [3.05, 3.63) is 0 Å². The van der Waals surface area contributed by atoms with Gasteiger partial charge in [0.05, 0.1) is 5.60 Å². The van der Waals surface area contributed by atoms with E-state index in [1.807, 2.05) is 6.92 Å². The van der Waals surface area contributed by atoms with Gasteiger partial charge in [-0.25, -0.2) is 5.32 Å². The summed E-state index contributed by atoms with van der Waals surface area (Å²) < 4.78 is 0. The fourth-order valence-electron chi connectivity index (χ4n) is 0.385. The lowest BCUT2D eigenvalue weighted by molar-refractivity contribution is 0.0795. The van der Waals surface area contributed by atoms with Crippen molar-refractivity contribution in [2.75, 3.05) is 13.1 Å². The zero-order chi connectivity index (χ0) is 6.62. The van der Waals surface area contributed by atoms with E-state index in [0.717, 1.165) is 6.54 Å². The summed E-state index contributed by atoms with van der Waals surface area (Å²) in [5, 5.41) is 13.0. The molecule has 0 saturated carbocycles. The van der Waals surface area contributed by atoms with E-state index in [-0.39, 0.29) is 0 Å². The molecule has 0 fully saturated rings. The number of hydrogen-bond acceptors (Lipinski definition) is 1. The molecular formula is C6H14NO. The summed E-state index contributed by atoms with van der Waals surface area (Å²) in [5.41, 5.74) is -0.615. The highest BCUT2D eigenvalue weighted by molar-refractivity contribution is 4.66. The third-order valence-corrected chi connectivity index (χ3v) is 0.722. The van der Waals surface area contributed by atoms with Crippen molar-refractivity contribution in [3.63, 3.8) is 0 Å². The summed E-state index contributed by atoms with van der Waals surface area (Å²) in [7, 11) is 0. The van der Waals surface area contributed by atoms with Gasteiger partial charge in [0.15, 0.2) is 0 Å². The predicted octanol–water partition coefficient (Wildman–Crippen LogP) is 0.382. The minimum Gasteiger partial charge on any atom is -0.389 e. The van der Waals surface area contributed by atoms with Gasteiger partial charge in [0.25, 0.3) is 0 Å². The molecule has 0 bridgehead atoms. The van der Waals surface area contributed by atoms with E-state index >= 15 is 0 Å². The first-order chi connectivity index (χ1) is 3.56. The van der Waals surface area contributed by atoms with Crippen molar-refractivity contribution in [2.24, 2.45) is 0 Å². The molecule has 1 N–H and O–H groups in total. The average Bonchev–Trinajstić information content (AvgIpc) is 1.59. The van der Waals surface area contributed by atoms with Gasteiger partial charge in [0.1, 0.15) is 0 Å². The Hall–Kier alpha value is -0.0800. The monoisotopic (exact) mass is 116 g/mol. The van der Waals surface area contributed by atoms with Gasteiger partial charge in [0, 0.05) is 13.1 Å². The molecule has 0 unspecified atom stereocenters. The third-order valence-electron chi connectivity index (χ3n) is 0.722. The van der Waals surface area contributed by atoms with E-state index in [4.69, 9.17) is 5.11 Å². The second-order valence-corrected chi connectivity index (χ2v) is 2.51. The highest BCUT2D eigenvalue weighted by Gasteiger charge is 2.10. The Kier molecular flexibility index (Phi) is 3.02. The molecule has 0 aromatic heterocycles. The van der Waals surface area contributed by atoms with Gasteiger partial charge in [-0.2, -0.15) is 0 Å². The summed E-state index contributed by atoms with van der Waals surface area (Å²) in [4.78, 5) is 0. The van der Waals surface area contributed by atoms with Gasteiger partial charge in [-0.15, -0.1) is 0 Å². The quantitative estimate of drug-likeness (QED) is 0.568. The molecule has 0 aromatic carbocycles. The first-order valence-electron chi connectivity index (χ1n) is 2.92. The minimum atomic E-state index is -0.615. The van der Waals surface area contributed by atoms with Crippen LogP contribution in [0.1, 0.15) is 20.8 Å². The molecular weight excluding hydrogens is 102 g/mol. The van der Waals surface area contributed by atoms with E-state index in [2.05, 4.69) is 5.32 Å². The van der Waals surface area contributed by atoms with E-state index in [0.29, 0.717) is 6.54 Å². The largest absolute Gasteiger partial charge is 0.389 e. The van der Waals surface area contributed by atoms with Crippen LogP contribution in [0, 0.1) is 0 Å². The number of nitrogens with zero attached hydrogens (tertiary/aromatic N) is 1. The van der Waals surface area contributed by atoms with Gasteiger partial charge >= 0.3 is 0 Å². The van der Waals surface area contributed by atoms with Crippen molar-refractivity contribution < 1.29 is 5.11 Å². The van der Waals surface area contributed by atoms with Gasteiger partial charge in [-0.3, -0.25) is 0 Å². The lowest BCUT2D eigenvalue weighted by atomic mass is 10.1. The summed E-state index contributed by atoms with van der Waals surface area (Å²) in [6, 6.07) is 0. The highest BCUT2D eigenvalue weighted by Crippen LogP contribution is 1.96. The molecule has 2 heteroatoms. The zero-order valence-electron chi connectivity index (χ0n) is 5.81. The minimum absolute atomic E-state index is 0.545. The molecule has 2 nitrogen and oxygen atoms in total. The first kappa shape index (κ1) is 7.92. The van der Waals surface area contributed by atoms with Crippen LogP contribution in [0.25, 0.3) is 0 Å². The standard InChI is InChI=1S/C6H14NO/c1-4-7-5-6(2,3)8/h8H,4-5H2,1-3H3. The molecule has 0 atom stereocenters. The normalized spacial score (nSPS) is 12.0. The summed E-state index contributed by atoms with van der Waals surface area (Å²) >= 11 is 0. The number of aliphatic hydroxyl groups is 1. The maximum atomic E-state index is 9.06. The van der Waals surface area contributed by atoms with Crippen LogP contribution in [-0.2, 0) is 0 Å². The van der Waals surface area contributed by atoms with Gasteiger partial charge in [-0.1, -0.05) is 6.92 Å². The highest BCUT2D eigenvalue weighted by atomic mass is 16.3. The molecule has 0 saturated heterocycles. The van der Waals surface area contributed by atoms with Crippen LogP contribution in [0.2, 0.25) is 0 Å². The fourth-order valence-corrected chi connectivity index (χ4v) is 0.385. The van der Waals surface area contributed by atoms with Crippen LogP contribution in [0.4, 0.5) is 0 Å². The van der Waals surface area contributed by atoms with E-state index in [1.165, 1.54) is 0 Å². The maximum Gasteiger partial charge on any atom is 0.0732 e. The molecule has 0 amide bonds. The molecule has 0 aromatic rings. The molecule has 0 rings (SSSR count). The van der Waals surface area contributed by atoms with Crippen LogP contribution in [-0.4, -0.2) is 23.8 Å². The molecule has 0 aliphatic rings. The number of likely N-dealkylation sites (N-methyl/N-ethyl adjacent to an activating group) is 1. The van der Waals surface area contributed by atoms with E-state index in [1.54, 1.807) is 13.8 Å². The Balaban J connectivity index is 3.11. The van der Waals surface area contributed by atoms with Gasteiger partial charge in [-0.05, 0) is 13.8 Å². The average molecular weight is 116 g/mol. The first-order valence-corrected chi connectivity index (χ1v) is 2.92. The third kappa shape index (κ3) is 5.92. The van der Waals surface area contributed by atoms with Crippen molar-refractivity contribution in [1.82, 2.24) is 5.32 Å². The van der Waals surface area contributed by atoms with Crippen LogP contribution in [0.15, 0.2) is 0 Å². The molecule has 0 aliphatic carbocycles. The predicted molar refractivity (Wildman–Crippen MR) is 33.8 cm³/mol. The summed E-state index contributed by atoms with van der Waals surface area (Å²) in [6.45, 7) is 6.82. The van der Waals surface area contributed by atoms with Crippen LogP contribution in [0.5, 0.6) is 0 Å². The summed E-state index contributed by atoms with van der Waals surface area (Å²) in [6.07, 6.45) is 0. The maximum absolute atomic E-state index is 9.06. The molecule has 8 heavy (non-hydrogen) atoms. The Morgan fingerprint density at radius 2 is 2.00 bits per heavy atom. The smallest absolute Gasteiger partial charge is 0.0732 e. The molecule has 0 spiro atoms. The molecule has 1 radical (unpaired) electrons. The van der Waals surface area contributed by atoms with Crippen molar-refractivity contribution in [1.29, 1.82) is 0 Å². The number of rotatable bonds is 3. The van der Waals surface area contributed by atoms with Gasteiger partial charge in [0.2, 0.25) is 0 Å². The zero-order valence-corrected chi connectivity index (χ0v) is 5.81. The Labute approximate surface area is 50.9 Å². The number of hydrogen-bond donors (Lipinski definition) is 1. The van der Waals surface area contributed by atoms with E-state index in [9.17, 15) is 0 Å². The van der Waals surface area contributed by atoms with Crippen LogP contribution in [0.3, 0.4) is 0 Å². The van der Waals surface area contributed by atoms with Crippen molar-refractivity contribution in [2.45, 2.75) is 26.4 Å². The summed E-state index contributed by atoms with van der Waals surface area (Å²) in [5.74, 6) is 0. The van der Waals surface area contributed by atoms with Crippen molar-refractivity contribution in [3.8, 4) is 0 Å². The van der Waals surface area contributed by atoms with Crippen molar-refractivity contribution >= 4 is 0 Å². The Morgan fingerprint density at radius 3 is 2.12 bits per heavy atom. The van der Waals surface area contributed by atoms with Gasteiger partial charge < -0.3 is 5.11 Å². The second kappa shape index (κ2) is 3.05. The Morgan fingerprint density at radius 1 is 1.50 bits per heavy atom. The molecule has 49 valence electrons. The topological polar surface area (TPSA) is 34.3 Å². The van der Waals surface area contributed by atoms with Crippen LogP contribution < -0.4 is 5.32 Å². The molecule has 0 aliphatic heterocycles. The second-order valence-electron chi connectivity index (χ2n) is 2.51. The lowest BCUT2D eigenvalue weighted by Crippen LogP contribution is -2.30. The SMILES string of the molecule is CC[N]CC(C)(C)O.